The van der Waals surface area contributed by atoms with Crippen LogP contribution in [-0.4, -0.2) is 52.5 Å². The standard InChI is InChI=1S/C20H35N3O2S/c1-3-21-19(22-14-7-5-8-15(13-14)26(24)4-2)23-17-16-9-12-25-18(16)20(17)10-6-11-20/h14-18H,3-13H2,1-2H3,(H2,21,22,23). The lowest BCUT2D eigenvalue weighted by molar-refractivity contribution is -0.171. The normalized spacial score (nSPS) is 39.6. The molecule has 0 bridgehead atoms. The van der Waals surface area contributed by atoms with Crippen molar-refractivity contribution in [1.82, 2.24) is 10.6 Å². The molecule has 0 amide bonds. The van der Waals surface area contributed by atoms with Crippen LogP contribution < -0.4 is 10.6 Å². The number of hydrogen-bond acceptors (Lipinski definition) is 3. The Balaban J connectivity index is 1.39. The zero-order valence-electron chi connectivity index (χ0n) is 16.3. The van der Waals surface area contributed by atoms with E-state index in [1.54, 1.807) is 0 Å². The highest BCUT2D eigenvalue weighted by Crippen LogP contribution is 2.62. The Morgan fingerprint density at radius 2 is 2.04 bits per heavy atom. The van der Waals surface area contributed by atoms with Gasteiger partial charge >= 0.3 is 0 Å². The van der Waals surface area contributed by atoms with Crippen LogP contribution in [0.25, 0.3) is 0 Å². The minimum atomic E-state index is -0.679. The highest BCUT2D eigenvalue weighted by atomic mass is 32.2. The number of fused-ring (bicyclic) bond motifs is 2. The van der Waals surface area contributed by atoms with E-state index in [1.807, 2.05) is 6.92 Å². The van der Waals surface area contributed by atoms with Crippen molar-refractivity contribution in [3.05, 3.63) is 0 Å². The van der Waals surface area contributed by atoms with E-state index in [2.05, 4.69) is 17.6 Å². The van der Waals surface area contributed by atoms with Crippen molar-refractivity contribution in [2.24, 2.45) is 16.3 Å². The van der Waals surface area contributed by atoms with Crippen LogP contribution in [0.2, 0.25) is 0 Å². The molecule has 0 aromatic heterocycles. The van der Waals surface area contributed by atoms with Crippen LogP contribution in [0.1, 0.15) is 65.2 Å². The van der Waals surface area contributed by atoms with Gasteiger partial charge in [0, 0.05) is 58.4 Å². The summed E-state index contributed by atoms with van der Waals surface area (Å²) in [7, 11) is -0.679. The number of aliphatic imine (C=N–C) groups is 1. The second-order valence-corrected chi connectivity index (χ2v) is 10.6. The lowest BCUT2D eigenvalue weighted by Crippen LogP contribution is -2.72. The summed E-state index contributed by atoms with van der Waals surface area (Å²) in [6.45, 7) is 5.85. The smallest absolute Gasteiger partial charge is 0.191 e. The lowest BCUT2D eigenvalue weighted by atomic mass is 9.46. The molecule has 0 aromatic carbocycles. The average molecular weight is 382 g/mol. The predicted octanol–water partition coefficient (Wildman–Crippen LogP) is 2.58. The molecule has 26 heavy (non-hydrogen) atoms. The molecule has 1 aliphatic heterocycles. The first kappa shape index (κ1) is 18.7. The molecule has 2 N–H and O–H groups in total. The Morgan fingerprint density at radius 1 is 1.19 bits per heavy atom. The van der Waals surface area contributed by atoms with Crippen molar-refractivity contribution in [3.8, 4) is 0 Å². The van der Waals surface area contributed by atoms with E-state index in [9.17, 15) is 4.21 Å². The average Bonchev–Trinajstić information content (AvgIpc) is 3.03. The number of nitrogens with one attached hydrogen (secondary N) is 2. The van der Waals surface area contributed by atoms with Crippen molar-refractivity contribution >= 4 is 16.8 Å². The molecule has 1 saturated heterocycles. The molecule has 4 aliphatic rings. The molecule has 4 rings (SSSR count). The first-order valence-electron chi connectivity index (χ1n) is 10.7. The predicted molar refractivity (Wildman–Crippen MR) is 107 cm³/mol. The topological polar surface area (TPSA) is 62.7 Å². The third-order valence-electron chi connectivity index (χ3n) is 7.27. The molecular formula is C20H35N3O2S. The number of nitrogens with zero attached hydrogens (tertiary/aromatic N) is 1. The summed E-state index contributed by atoms with van der Waals surface area (Å²) in [4.78, 5) is 4.75. The Bertz CT molecular complexity index is 563. The van der Waals surface area contributed by atoms with Crippen LogP contribution in [0.3, 0.4) is 0 Å². The van der Waals surface area contributed by atoms with E-state index in [-0.39, 0.29) is 0 Å². The maximum absolute atomic E-state index is 12.2. The van der Waals surface area contributed by atoms with Crippen molar-refractivity contribution in [1.29, 1.82) is 0 Å². The van der Waals surface area contributed by atoms with Gasteiger partial charge in [-0.25, -0.2) is 0 Å². The third-order valence-corrected chi connectivity index (χ3v) is 9.01. The van der Waals surface area contributed by atoms with Crippen LogP contribution in [0.5, 0.6) is 0 Å². The van der Waals surface area contributed by atoms with Crippen molar-refractivity contribution in [2.75, 3.05) is 18.9 Å². The third kappa shape index (κ3) is 3.21. The molecular weight excluding hydrogens is 346 g/mol. The minimum Gasteiger partial charge on any atom is -0.377 e. The Labute approximate surface area is 160 Å². The van der Waals surface area contributed by atoms with Crippen molar-refractivity contribution in [2.45, 2.75) is 88.7 Å². The van der Waals surface area contributed by atoms with E-state index in [0.29, 0.717) is 34.8 Å². The number of guanidine groups is 1. The molecule has 6 unspecified atom stereocenters. The van der Waals surface area contributed by atoms with Gasteiger partial charge in [0.25, 0.3) is 0 Å². The van der Waals surface area contributed by atoms with Crippen molar-refractivity contribution < 1.29 is 8.95 Å². The van der Waals surface area contributed by atoms with Gasteiger partial charge in [0.05, 0.1) is 6.10 Å². The second kappa shape index (κ2) is 7.78. The summed E-state index contributed by atoms with van der Waals surface area (Å²) in [5.41, 5.74) is 0.371. The highest BCUT2D eigenvalue weighted by Gasteiger charge is 2.66. The zero-order valence-corrected chi connectivity index (χ0v) is 17.2. The Morgan fingerprint density at radius 3 is 2.73 bits per heavy atom. The SMILES string of the molecule is CCN=C(NC1CCCC(S(=O)CC)C1)NC1C2CCOC2C12CCC2. The number of hydrogen-bond donors (Lipinski definition) is 2. The maximum atomic E-state index is 12.2. The highest BCUT2D eigenvalue weighted by molar-refractivity contribution is 7.85. The molecule has 6 atom stereocenters. The fourth-order valence-corrected chi connectivity index (χ4v) is 7.19. The van der Waals surface area contributed by atoms with Crippen LogP contribution >= 0.6 is 0 Å². The Hall–Kier alpha value is -0.620. The molecule has 6 heteroatoms. The van der Waals surface area contributed by atoms with Gasteiger partial charge in [0.15, 0.2) is 5.96 Å². The van der Waals surface area contributed by atoms with Crippen LogP contribution in [0.4, 0.5) is 0 Å². The maximum Gasteiger partial charge on any atom is 0.191 e. The molecule has 1 heterocycles. The lowest BCUT2D eigenvalue weighted by Gasteiger charge is -2.63. The quantitative estimate of drug-likeness (QED) is 0.568. The molecule has 148 valence electrons. The van der Waals surface area contributed by atoms with E-state index < -0.39 is 10.8 Å². The zero-order chi connectivity index (χ0) is 18.1. The summed E-state index contributed by atoms with van der Waals surface area (Å²) >= 11 is 0. The number of rotatable bonds is 5. The fourth-order valence-electron chi connectivity index (χ4n) is 5.84. The molecule has 5 nitrogen and oxygen atoms in total. The first-order chi connectivity index (χ1) is 12.7. The van der Waals surface area contributed by atoms with Crippen LogP contribution in [0.15, 0.2) is 4.99 Å². The summed E-state index contributed by atoms with van der Waals surface area (Å²) in [5.74, 6) is 2.41. The molecule has 4 fully saturated rings. The van der Waals surface area contributed by atoms with Crippen LogP contribution in [-0.2, 0) is 15.5 Å². The van der Waals surface area contributed by atoms with E-state index in [0.717, 1.165) is 44.1 Å². The van der Waals surface area contributed by atoms with Gasteiger partial charge in [0.2, 0.25) is 0 Å². The number of ether oxygens (including phenoxy) is 1. The summed E-state index contributed by atoms with van der Waals surface area (Å²) < 4.78 is 18.3. The molecule has 3 saturated carbocycles. The molecule has 0 radical (unpaired) electrons. The largest absolute Gasteiger partial charge is 0.377 e. The van der Waals surface area contributed by atoms with Gasteiger partial charge in [-0.1, -0.05) is 19.8 Å². The summed E-state index contributed by atoms with van der Waals surface area (Å²) in [6, 6.07) is 0.917. The van der Waals surface area contributed by atoms with Gasteiger partial charge in [-0.05, 0) is 45.4 Å². The van der Waals surface area contributed by atoms with Gasteiger partial charge in [-0.2, -0.15) is 0 Å². The summed E-state index contributed by atoms with van der Waals surface area (Å²) in [6.07, 6.45) is 10.1. The molecule has 3 aliphatic carbocycles. The fraction of sp³-hybridized carbons (Fsp3) is 0.950. The van der Waals surface area contributed by atoms with E-state index in [4.69, 9.17) is 9.73 Å². The molecule has 0 aromatic rings. The van der Waals surface area contributed by atoms with E-state index >= 15 is 0 Å². The van der Waals surface area contributed by atoms with Gasteiger partial charge in [-0.15, -0.1) is 0 Å². The van der Waals surface area contributed by atoms with Crippen molar-refractivity contribution in [3.63, 3.8) is 0 Å². The second-order valence-electron chi connectivity index (χ2n) is 8.57. The Kier molecular flexibility index (Phi) is 5.61. The molecule has 1 spiro atoms. The monoisotopic (exact) mass is 381 g/mol. The summed E-state index contributed by atoms with van der Waals surface area (Å²) in [5, 5.41) is 7.85. The van der Waals surface area contributed by atoms with E-state index in [1.165, 1.54) is 32.1 Å². The van der Waals surface area contributed by atoms with Gasteiger partial charge < -0.3 is 15.4 Å². The minimum absolute atomic E-state index is 0.350. The van der Waals surface area contributed by atoms with Gasteiger partial charge in [-0.3, -0.25) is 9.20 Å². The van der Waals surface area contributed by atoms with Gasteiger partial charge in [0.1, 0.15) is 0 Å². The van der Waals surface area contributed by atoms with Crippen LogP contribution in [0, 0.1) is 11.3 Å². The first-order valence-corrected chi connectivity index (χ1v) is 12.1.